The third-order valence-electron chi connectivity index (χ3n) is 5.80. The third kappa shape index (κ3) is 4.80. The summed E-state index contributed by atoms with van der Waals surface area (Å²) in [5.41, 5.74) is -0.707. The first-order valence-corrected chi connectivity index (χ1v) is 12.1. The summed E-state index contributed by atoms with van der Waals surface area (Å²) in [5.74, 6) is -1.51. The molecule has 0 saturated carbocycles. The van der Waals surface area contributed by atoms with Crippen molar-refractivity contribution in [2.24, 2.45) is 5.92 Å². The highest BCUT2D eigenvalue weighted by molar-refractivity contribution is 7.89. The zero-order valence-electron chi connectivity index (χ0n) is 18.7. The smallest absolute Gasteiger partial charge is 0.416 e. The molecule has 35 heavy (non-hydrogen) atoms. The molecule has 14 heteroatoms. The largest absolute Gasteiger partial charge is 0.481 e. The molecule has 2 atom stereocenters. The Hall–Kier alpha value is -3.26. The Morgan fingerprint density at radius 2 is 1.91 bits per heavy atom. The van der Waals surface area contributed by atoms with Crippen molar-refractivity contribution in [3.8, 4) is 6.01 Å². The molecule has 1 aliphatic rings. The molecule has 0 aliphatic carbocycles. The van der Waals surface area contributed by atoms with E-state index in [0.29, 0.717) is 6.61 Å². The van der Waals surface area contributed by atoms with Gasteiger partial charge in [-0.15, -0.1) is 0 Å². The highest BCUT2D eigenvalue weighted by atomic mass is 32.2. The number of carboxylic acid groups (broad SMARTS) is 1. The minimum Gasteiger partial charge on any atom is -0.481 e. The van der Waals surface area contributed by atoms with Gasteiger partial charge in [0.1, 0.15) is 4.90 Å². The maximum atomic E-state index is 13.4. The molecule has 1 fully saturated rings. The van der Waals surface area contributed by atoms with Crippen LogP contribution in [0.5, 0.6) is 6.01 Å². The molecule has 4 rings (SSSR count). The quantitative estimate of drug-likeness (QED) is 0.511. The van der Waals surface area contributed by atoms with Crippen molar-refractivity contribution in [1.29, 1.82) is 0 Å². The number of rotatable bonds is 7. The van der Waals surface area contributed by atoms with Crippen LogP contribution in [0, 0.1) is 5.92 Å². The lowest BCUT2D eigenvalue weighted by Gasteiger charge is -2.18. The Morgan fingerprint density at radius 3 is 2.51 bits per heavy atom. The van der Waals surface area contributed by atoms with Gasteiger partial charge in [-0.25, -0.2) is 18.4 Å². The fourth-order valence-electron chi connectivity index (χ4n) is 4.12. The van der Waals surface area contributed by atoms with Gasteiger partial charge in [0.25, 0.3) is 0 Å². The molecule has 1 aromatic carbocycles. The fourth-order valence-corrected chi connectivity index (χ4v) is 5.57. The Labute approximate surface area is 198 Å². The third-order valence-corrected chi connectivity index (χ3v) is 7.58. The van der Waals surface area contributed by atoms with Crippen molar-refractivity contribution in [2.75, 3.05) is 19.7 Å². The summed E-state index contributed by atoms with van der Waals surface area (Å²) >= 11 is 0. The maximum absolute atomic E-state index is 13.4. The molecular weight excluding hydrogens is 491 g/mol. The molecule has 1 saturated heterocycles. The normalized spacial score (nSPS) is 19.3. The summed E-state index contributed by atoms with van der Waals surface area (Å²) < 4.78 is 74.1. The van der Waals surface area contributed by atoms with Gasteiger partial charge in [0.2, 0.25) is 10.0 Å². The summed E-state index contributed by atoms with van der Waals surface area (Å²) in [7, 11) is -4.00. The first kappa shape index (κ1) is 24.9. The van der Waals surface area contributed by atoms with Gasteiger partial charge in [-0.05, 0) is 25.0 Å². The lowest BCUT2D eigenvalue weighted by molar-refractivity contribution is -0.138. The van der Waals surface area contributed by atoms with E-state index in [9.17, 15) is 31.5 Å². The predicted molar refractivity (Wildman–Crippen MR) is 116 cm³/mol. The maximum Gasteiger partial charge on any atom is 0.416 e. The van der Waals surface area contributed by atoms with Gasteiger partial charge >= 0.3 is 18.2 Å². The van der Waals surface area contributed by atoms with E-state index in [-0.39, 0.29) is 46.5 Å². The zero-order valence-corrected chi connectivity index (χ0v) is 19.5. The van der Waals surface area contributed by atoms with E-state index >= 15 is 0 Å². The van der Waals surface area contributed by atoms with E-state index in [1.165, 1.54) is 15.1 Å². The number of carboxylic acids is 1. The van der Waals surface area contributed by atoms with Crippen LogP contribution in [0.4, 0.5) is 13.2 Å². The molecule has 3 aromatic rings. The van der Waals surface area contributed by atoms with E-state index in [0.717, 1.165) is 24.5 Å². The van der Waals surface area contributed by atoms with Crippen LogP contribution in [0.3, 0.4) is 0 Å². The van der Waals surface area contributed by atoms with Gasteiger partial charge in [0, 0.05) is 18.5 Å². The van der Waals surface area contributed by atoms with E-state index in [4.69, 9.17) is 4.74 Å². The van der Waals surface area contributed by atoms with Crippen LogP contribution in [0.15, 0.2) is 35.5 Å². The predicted octanol–water partition coefficient (Wildman–Crippen LogP) is 2.75. The molecular formula is C21H22F3N5O5S. The molecule has 0 spiro atoms. The monoisotopic (exact) mass is 513 g/mol. The van der Waals surface area contributed by atoms with E-state index < -0.39 is 40.2 Å². The molecule has 188 valence electrons. The van der Waals surface area contributed by atoms with Crippen LogP contribution >= 0.6 is 0 Å². The van der Waals surface area contributed by atoms with Crippen molar-refractivity contribution in [3.05, 3.63) is 41.9 Å². The average molecular weight is 513 g/mol. The van der Waals surface area contributed by atoms with Gasteiger partial charge in [0.05, 0.1) is 48.2 Å². The number of aromatic nitrogens is 4. The summed E-state index contributed by atoms with van der Waals surface area (Å²) in [4.78, 5) is 18.9. The van der Waals surface area contributed by atoms with Crippen LogP contribution in [0.2, 0.25) is 0 Å². The molecule has 3 heterocycles. The van der Waals surface area contributed by atoms with Gasteiger partial charge < -0.3 is 9.84 Å². The highest BCUT2D eigenvalue weighted by Gasteiger charge is 2.40. The first-order valence-electron chi connectivity index (χ1n) is 10.7. The Kier molecular flexibility index (Phi) is 6.44. The van der Waals surface area contributed by atoms with Crippen LogP contribution < -0.4 is 4.74 Å². The fraction of sp³-hybridized carbons (Fsp3) is 0.429. The topological polar surface area (TPSA) is 128 Å². The summed E-state index contributed by atoms with van der Waals surface area (Å²) in [5, 5.41) is 13.8. The molecule has 2 aromatic heterocycles. The van der Waals surface area contributed by atoms with Gasteiger partial charge in [0.15, 0.2) is 0 Å². The number of carbonyl (C=O) groups is 1. The minimum absolute atomic E-state index is 0.0357. The minimum atomic E-state index is -4.61. The molecule has 1 aliphatic heterocycles. The second-order valence-corrected chi connectivity index (χ2v) is 10.1. The molecule has 10 nitrogen and oxygen atoms in total. The van der Waals surface area contributed by atoms with E-state index in [1.54, 1.807) is 13.8 Å². The number of fused-ring (bicyclic) bond motifs is 1. The van der Waals surface area contributed by atoms with Crippen molar-refractivity contribution in [3.63, 3.8) is 0 Å². The van der Waals surface area contributed by atoms with Crippen LogP contribution in [-0.4, -0.2) is 63.2 Å². The average Bonchev–Trinajstić information content (AvgIpc) is 3.34. The first-order chi connectivity index (χ1) is 16.4. The lowest BCUT2D eigenvalue weighted by atomic mass is 10.1. The molecule has 0 amide bonds. The number of benzene rings is 1. The number of halogens is 3. The Morgan fingerprint density at radius 1 is 1.23 bits per heavy atom. The zero-order chi connectivity index (χ0) is 25.5. The number of nitrogens with zero attached hydrogens (tertiary/aromatic N) is 5. The van der Waals surface area contributed by atoms with E-state index in [2.05, 4.69) is 15.1 Å². The van der Waals surface area contributed by atoms with Crippen LogP contribution in [-0.2, 0) is 27.4 Å². The Bertz CT molecular complexity index is 1360. The van der Waals surface area contributed by atoms with Crippen LogP contribution in [0.1, 0.15) is 31.1 Å². The molecule has 0 radical (unpaired) electrons. The second kappa shape index (κ2) is 9.07. The SMILES string of the molecule is CCOc1ncc(S(=O)(=O)N2C[C@@H](C)[C@@H](n3nc(CC(=O)O)c4ccc(C(F)(F)F)cc43)C2)cn1. The van der Waals surface area contributed by atoms with E-state index in [1.807, 2.05) is 0 Å². The number of ether oxygens (including phenoxy) is 1. The molecule has 1 N–H and O–H groups in total. The standard InChI is InChI=1S/C21H22F3N5O5S/c1-3-34-20-25-8-14(9-26-20)35(32,33)28-10-12(2)18(11-28)29-17-6-13(21(22,23)24)4-5-15(17)16(27-29)7-19(30)31/h4-6,8-9,12,18H,3,7,10-11H2,1-2H3,(H,30,31)/t12-,18+/m1/s1. The second-order valence-electron chi connectivity index (χ2n) is 8.19. The van der Waals surface area contributed by atoms with Crippen molar-refractivity contribution in [1.82, 2.24) is 24.1 Å². The number of aliphatic carboxylic acids is 1. The Balaban J connectivity index is 1.71. The van der Waals surface area contributed by atoms with Crippen molar-refractivity contribution < 1.29 is 36.2 Å². The van der Waals surface area contributed by atoms with Gasteiger partial charge in [-0.2, -0.15) is 22.6 Å². The summed E-state index contributed by atoms with van der Waals surface area (Å²) in [6, 6.07) is 2.40. The highest BCUT2D eigenvalue weighted by Crippen LogP contribution is 2.37. The van der Waals surface area contributed by atoms with Crippen LogP contribution in [0.25, 0.3) is 10.9 Å². The number of hydrogen-bond donors (Lipinski definition) is 1. The molecule has 0 bridgehead atoms. The lowest BCUT2D eigenvalue weighted by Crippen LogP contribution is -2.29. The number of sulfonamides is 1. The van der Waals surface area contributed by atoms with Crippen molar-refractivity contribution >= 4 is 26.9 Å². The number of hydrogen-bond acceptors (Lipinski definition) is 7. The summed E-state index contributed by atoms with van der Waals surface area (Å²) in [6.45, 7) is 3.81. The number of alkyl halides is 3. The summed E-state index contributed by atoms with van der Waals surface area (Å²) in [6.07, 6.45) is -2.83. The molecule has 0 unspecified atom stereocenters. The van der Waals surface area contributed by atoms with Crippen molar-refractivity contribution in [2.45, 2.75) is 37.4 Å². The van der Waals surface area contributed by atoms with Gasteiger partial charge in [-0.1, -0.05) is 13.0 Å². The van der Waals surface area contributed by atoms with Gasteiger partial charge in [-0.3, -0.25) is 9.48 Å².